The lowest BCUT2D eigenvalue weighted by atomic mass is 9.93. The first-order valence-corrected chi connectivity index (χ1v) is 8.98. The van der Waals surface area contributed by atoms with Gasteiger partial charge in [0.15, 0.2) is 0 Å². The Labute approximate surface area is 155 Å². The van der Waals surface area contributed by atoms with E-state index >= 15 is 0 Å². The van der Waals surface area contributed by atoms with Gasteiger partial charge in [-0.15, -0.1) is 0 Å². The molecule has 0 aliphatic heterocycles. The predicted molar refractivity (Wildman–Crippen MR) is 103 cm³/mol. The average Bonchev–Trinajstić information content (AvgIpc) is 2.34. The van der Waals surface area contributed by atoms with Crippen LogP contribution >= 0.6 is 67.8 Å². The molecule has 0 fully saturated rings. The molecule has 0 N–H and O–H groups in total. The molecule has 1 unspecified atom stereocenters. The first-order valence-electron chi connectivity index (χ1n) is 5.75. The standard InChI is InChI=1S/C14H15I3O2/c1-5-14(4,19-13(18)8(2)3)9-6-10(15)12(17)11(16)7-9/h6-7H,2,5H2,1,3-4H3. The Morgan fingerprint density at radius 2 is 1.79 bits per heavy atom. The van der Waals surface area contributed by atoms with Gasteiger partial charge in [-0.1, -0.05) is 13.5 Å². The SMILES string of the molecule is C=C(C)C(=O)OC(C)(CC)c1cc(I)c(I)c(I)c1. The molecule has 0 aliphatic carbocycles. The van der Waals surface area contributed by atoms with Gasteiger partial charge in [0.2, 0.25) is 0 Å². The Bertz CT molecular complexity index is 502. The van der Waals surface area contributed by atoms with Gasteiger partial charge in [-0.2, -0.15) is 0 Å². The van der Waals surface area contributed by atoms with Crippen molar-refractivity contribution in [1.82, 2.24) is 0 Å². The molecule has 104 valence electrons. The van der Waals surface area contributed by atoms with Crippen molar-refractivity contribution in [3.05, 3.63) is 40.6 Å². The van der Waals surface area contributed by atoms with Gasteiger partial charge >= 0.3 is 5.97 Å². The minimum Gasteiger partial charge on any atom is -0.451 e. The molecule has 0 amide bonds. The van der Waals surface area contributed by atoms with Crippen molar-refractivity contribution in [3.63, 3.8) is 0 Å². The summed E-state index contributed by atoms with van der Waals surface area (Å²) in [5.74, 6) is -0.340. The number of carbonyl (C=O) groups is 1. The summed E-state index contributed by atoms with van der Waals surface area (Å²) in [4.78, 5) is 11.8. The van der Waals surface area contributed by atoms with Gasteiger partial charge in [0.1, 0.15) is 5.60 Å². The summed E-state index contributed by atoms with van der Waals surface area (Å²) in [6.45, 7) is 9.27. The highest BCUT2D eigenvalue weighted by Gasteiger charge is 2.30. The Balaban J connectivity index is 3.22. The average molecular weight is 596 g/mol. The van der Waals surface area contributed by atoms with Crippen LogP contribution in [0.2, 0.25) is 0 Å². The number of benzene rings is 1. The van der Waals surface area contributed by atoms with Gasteiger partial charge < -0.3 is 4.74 Å². The number of hydrogen-bond acceptors (Lipinski definition) is 2. The Morgan fingerprint density at radius 1 is 1.32 bits per heavy atom. The molecule has 0 bridgehead atoms. The van der Waals surface area contributed by atoms with Gasteiger partial charge in [-0.3, -0.25) is 0 Å². The summed E-state index contributed by atoms with van der Waals surface area (Å²) in [6.07, 6.45) is 0.721. The first-order chi connectivity index (χ1) is 8.71. The van der Waals surface area contributed by atoms with Crippen LogP contribution in [0.15, 0.2) is 24.3 Å². The molecule has 0 aromatic heterocycles. The van der Waals surface area contributed by atoms with Gasteiger partial charge in [0.05, 0.1) is 0 Å². The third-order valence-corrected chi connectivity index (χ3v) is 7.86. The van der Waals surface area contributed by atoms with E-state index < -0.39 is 5.60 Å². The van der Waals surface area contributed by atoms with Crippen LogP contribution in [0.5, 0.6) is 0 Å². The zero-order valence-corrected chi connectivity index (χ0v) is 17.5. The molecule has 5 heteroatoms. The monoisotopic (exact) mass is 596 g/mol. The van der Waals surface area contributed by atoms with E-state index in [0.717, 1.165) is 12.0 Å². The minimum absolute atomic E-state index is 0.340. The van der Waals surface area contributed by atoms with Crippen LogP contribution < -0.4 is 0 Å². The molecule has 0 spiro atoms. The van der Waals surface area contributed by atoms with Crippen molar-refractivity contribution in [2.24, 2.45) is 0 Å². The third kappa shape index (κ3) is 4.29. The van der Waals surface area contributed by atoms with Crippen LogP contribution in [0.4, 0.5) is 0 Å². The van der Waals surface area contributed by atoms with E-state index in [9.17, 15) is 4.79 Å². The molecule has 1 aromatic rings. The maximum Gasteiger partial charge on any atom is 0.333 e. The lowest BCUT2D eigenvalue weighted by Gasteiger charge is -2.29. The van der Waals surface area contributed by atoms with Crippen molar-refractivity contribution >= 4 is 73.7 Å². The fraction of sp³-hybridized carbons (Fsp3) is 0.357. The van der Waals surface area contributed by atoms with Crippen molar-refractivity contribution in [3.8, 4) is 0 Å². The number of halogens is 3. The van der Waals surface area contributed by atoms with Gasteiger partial charge in [-0.25, -0.2) is 4.79 Å². The predicted octanol–water partition coefficient (Wildman–Crippen LogP) is 5.24. The van der Waals surface area contributed by atoms with E-state index in [-0.39, 0.29) is 5.97 Å². The van der Waals surface area contributed by atoms with E-state index in [4.69, 9.17) is 4.74 Å². The van der Waals surface area contributed by atoms with E-state index in [2.05, 4.69) is 86.5 Å². The second kappa shape index (κ2) is 7.06. The first kappa shape index (κ1) is 17.7. The molecule has 1 aromatic carbocycles. The largest absolute Gasteiger partial charge is 0.451 e. The Morgan fingerprint density at radius 3 is 2.16 bits per heavy atom. The van der Waals surface area contributed by atoms with E-state index in [0.29, 0.717) is 5.57 Å². The quantitative estimate of drug-likeness (QED) is 0.206. The highest BCUT2D eigenvalue weighted by molar-refractivity contribution is 14.1. The lowest BCUT2D eigenvalue weighted by molar-refractivity contribution is -0.154. The molecule has 19 heavy (non-hydrogen) atoms. The van der Waals surface area contributed by atoms with Gasteiger partial charge in [-0.05, 0) is 106 Å². The molecule has 0 aliphatic rings. The molecule has 0 radical (unpaired) electrons. The maximum atomic E-state index is 11.8. The lowest BCUT2D eigenvalue weighted by Crippen LogP contribution is -2.29. The molecular formula is C14H15I3O2. The zero-order chi connectivity index (χ0) is 14.8. The van der Waals surface area contributed by atoms with Crippen LogP contribution in [0.1, 0.15) is 32.8 Å². The molecule has 1 rings (SSSR count). The zero-order valence-electron chi connectivity index (χ0n) is 11.0. The summed E-state index contributed by atoms with van der Waals surface area (Å²) in [5.41, 5.74) is 0.841. The Kier molecular flexibility index (Phi) is 6.56. The van der Waals surface area contributed by atoms with Crippen molar-refractivity contribution in [1.29, 1.82) is 0 Å². The van der Waals surface area contributed by atoms with E-state index in [1.807, 2.05) is 13.8 Å². The fourth-order valence-corrected chi connectivity index (χ4v) is 3.57. The minimum atomic E-state index is -0.611. The summed E-state index contributed by atoms with van der Waals surface area (Å²) >= 11 is 6.94. The topological polar surface area (TPSA) is 26.3 Å². The normalized spacial score (nSPS) is 13.8. The smallest absolute Gasteiger partial charge is 0.333 e. The molecule has 0 saturated heterocycles. The summed E-state index contributed by atoms with van der Waals surface area (Å²) in [6, 6.07) is 4.17. The van der Waals surface area contributed by atoms with Gasteiger partial charge in [0.25, 0.3) is 0 Å². The second-order valence-electron chi connectivity index (χ2n) is 4.51. The number of hydrogen-bond donors (Lipinski definition) is 0. The molecule has 0 heterocycles. The van der Waals surface area contributed by atoms with Crippen LogP contribution in [0.25, 0.3) is 0 Å². The van der Waals surface area contributed by atoms with Crippen molar-refractivity contribution < 1.29 is 9.53 Å². The van der Waals surface area contributed by atoms with E-state index in [1.165, 1.54) is 10.7 Å². The van der Waals surface area contributed by atoms with E-state index in [1.54, 1.807) is 6.92 Å². The molecule has 2 nitrogen and oxygen atoms in total. The summed E-state index contributed by atoms with van der Waals surface area (Å²) in [5, 5.41) is 0. The Hall–Kier alpha value is 0.620. The molecule has 0 saturated carbocycles. The summed E-state index contributed by atoms with van der Waals surface area (Å²) < 4.78 is 9.21. The van der Waals surface area contributed by atoms with Crippen molar-refractivity contribution in [2.45, 2.75) is 32.8 Å². The second-order valence-corrected chi connectivity index (χ2v) is 7.91. The van der Waals surface area contributed by atoms with Crippen LogP contribution in [0, 0.1) is 10.7 Å². The van der Waals surface area contributed by atoms with Crippen LogP contribution in [0.3, 0.4) is 0 Å². The fourth-order valence-electron chi connectivity index (χ4n) is 1.49. The number of ether oxygens (including phenoxy) is 1. The number of esters is 1. The third-order valence-electron chi connectivity index (χ3n) is 2.94. The number of rotatable bonds is 4. The highest BCUT2D eigenvalue weighted by Crippen LogP contribution is 2.34. The van der Waals surface area contributed by atoms with Gasteiger partial charge in [0, 0.05) is 16.3 Å². The molecule has 1 atom stereocenters. The number of carbonyl (C=O) groups excluding carboxylic acids is 1. The van der Waals surface area contributed by atoms with Crippen molar-refractivity contribution in [2.75, 3.05) is 0 Å². The van der Waals surface area contributed by atoms with Crippen LogP contribution in [-0.2, 0) is 15.1 Å². The maximum absolute atomic E-state index is 11.8. The summed E-state index contributed by atoms with van der Waals surface area (Å²) in [7, 11) is 0. The highest BCUT2D eigenvalue weighted by atomic mass is 127. The van der Waals surface area contributed by atoms with Crippen LogP contribution in [-0.4, -0.2) is 5.97 Å². The molecular weight excluding hydrogens is 581 g/mol.